The van der Waals surface area contributed by atoms with E-state index in [0.29, 0.717) is 28.9 Å². The highest BCUT2D eigenvalue weighted by Crippen LogP contribution is 2.65. The number of hydrogen-bond acceptors (Lipinski definition) is 5. The van der Waals surface area contributed by atoms with Crippen LogP contribution >= 0.6 is 11.6 Å². The molecular weight excluding hydrogens is 420 g/mol. The fourth-order valence-corrected chi connectivity index (χ4v) is 5.79. The molecule has 2 heterocycles. The maximum absolute atomic E-state index is 12.9. The molecule has 1 aliphatic heterocycles. The van der Waals surface area contributed by atoms with E-state index in [0.717, 1.165) is 11.4 Å². The lowest BCUT2D eigenvalue weighted by atomic mass is 9.63. The van der Waals surface area contributed by atoms with E-state index in [9.17, 15) is 19.5 Å². The van der Waals surface area contributed by atoms with Crippen LogP contribution < -0.4 is 0 Å². The summed E-state index contributed by atoms with van der Waals surface area (Å²) in [5.41, 5.74) is 0.519. The van der Waals surface area contributed by atoms with Gasteiger partial charge in [-0.15, -0.1) is 0 Å². The van der Waals surface area contributed by atoms with Crippen molar-refractivity contribution in [1.29, 1.82) is 0 Å². The Hall–Kier alpha value is -3.19. The summed E-state index contributed by atoms with van der Waals surface area (Å²) in [7, 11) is 0. The number of allylic oxidation sites excluding steroid dienone is 2. The van der Waals surface area contributed by atoms with E-state index in [-0.39, 0.29) is 46.1 Å². The van der Waals surface area contributed by atoms with Crippen LogP contribution in [0.1, 0.15) is 22.5 Å². The number of carboxylic acids is 1. The summed E-state index contributed by atoms with van der Waals surface area (Å²) in [5.74, 6) is -0.0124. The molecule has 5 aliphatic rings. The van der Waals surface area contributed by atoms with Crippen molar-refractivity contribution in [3.05, 3.63) is 58.8 Å². The molecule has 2 amide bonds. The first kappa shape index (κ1) is 18.6. The predicted octanol–water partition coefficient (Wildman–Crippen LogP) is 3.69. The third kappa shape index (κ3) is 2.66. The zero-order valence-corrected chi connectivity index (χ0v) is 16.9. The van der Waals surface area contributed by atoms with Gasteiger partial charge in [0.2, 0.25) is 0 Å². The summed E-state index contributed by atoms with van der Waals surface area (Å²) in [6.45, 7) is 0. The Bertz CT molecular complexity index is 1180. The zero-order chi connectivity index (χ0) is 21.4. The molecule has 6 atom stereocenters. The van der Waals surface area contributed by atoms with Gasteiger partial charge in [-0.3, -0.25) is 9.59 Å². The number of carboxylic acid groups (broad SMARTS) is 1. The van der Waals surface area contributed by atoms with Gasteiger partial charge in [-0.2, -0.15) is 10.1 Å². The van der Waals surface area contributed by atoms with Crippen LogP contribution in [0, 0.1) is 35.5 Å². The summed E-state index contributed by atoms with van der Waals surface area (Å²) < 4.78 is 5.73. The Balaban J connectivity index is 1.24. The first-order chi connectivity index (χ1) is 14.9. The Morgan fingerprint density at radius 1 is 1.10 bits per heavy atom. The average Bonchev–Trinajstić information content (AvgIpc) is 3.39. The normalized spacial score (nSPS) is 32.6. The van der Waals surface area contributed by atoms with Gasteiger partial charge in [-0.25, -0.2) is 4.79 Å². The zero-order valence-electron chi connectivity index (χ0n) is 16.1. The number of hydrazone groups is 1. The minimum Gasteiger partial charge on any atom is -0.478 e. The molecule has 2 bridgehead atoms. The van der Waals surface area contributed by atoms with Crippen molar-refractivity contribution in [2.45, 2.75) is 6.42 Å². The number of amides is 2. The average molecular weight is 437 g/mol. The van der Waals surface area contributed by atoms with Crippen LogP contribution in [0.15, 0.2) is 52.0 Å². The van der Waals surface area contributed by atoms with Gasteiger partial charge in [0.05, 0.1) is 28.6 Å². The van der Waals surface area contributed by atoms with Gasteiger partial charge < -0.3 is 9.52 Å². The van der Waals surface area contributed by atoms with Crippen LogP contribution in [-0.2, 0) is 9.59 Å². The van der Waals surface area contributed by atoms with Gasteiger partial charge in [0.25, 0.3) is 11.8 Å². The molecular formula is C23H17ClN2O5. The van der Waals surface area contributed by atoms with Crippen LogP contribution in [0.2, 0.25) is 5.02 Å². The fourth-order valence-electron chi connectivity index (χ4n) is 5.59. The van der Waals surface area contributed by atoms with Crippen molar-refractivity contribution in [3.8, 4) is 11.3 Å². The third-order valence-electron chi connectivity index (χ3n) is 7.05. The highest BCUT2D eigenvalue weighted by molar-refractivity contribution is 6.33. The Morgan fingerprint density at radius 2 is 1.77 bits per heavy atom. The number of nitrogens with zero attached hydrogens (tertiary/aromatic N) is 2. The van der Waals surface area contributed by atoms with E-state index >= 15 is 0 Å². The van der Waals surface area contributed by atoms with E-state index < -0.39 is 5.97 Å². The summed E-state index contributed by atoms with van der Waals surface area (Å²) in [6, 6.07) is 7.89. The second-order valence-electron chi connectivity index (χ2n) is 8.59. The summed E-state index contributed by atoms with van der Waals surface area (Å²) >= 11 is 5.92. The molecule has 7 rings (SSSR count). The molecule has 8 heteroatoms. The molecule has 0 unspecified atom stereocenters. The van der Waals surface area contributed by atoms with E-state index in [2.05, 4.69) is 17.3 Å². The number of carbonyl (C=O) groups is 3. The molecule has 1 saturated heterocycles. The highest BCUT2D eigenvalue weighted by atomic mass is 35.5. The summed E-state index contributed by atoms with van der Waals surface area (Å²) in [6.07, 6.45) is 6.70. The van der Waals surface area contributed by atoms with Gasteiger partial charge in [0.15, 0.2) is 0 Å². The maximum Gasteiger partial charge on any atom is 0.337 e. The van der Waals surface area contributed by atoms with Crippen LogP contribution in [0.3, 0.4) is 0 Å². The minimum atomic E-state index is -1.13. The quantitative estimate of drug-likeness (QED) is 0.447. The van der Waals surface area contributed by atoms with Crippen molar-refractivity contribution in [2.24, 2.45) is 40.6 Å². The SMILES string of the molecule is O=C(O)c1cc(-c2ccc(/C=N\N3C(=O)[C@H]4[C@@H]5C=C[C@H]([C@@H]6C[C@H]56)[C@@H]4C3=O)o2)ccc1Cl. The fraction of sp³-hybridized carbons (Fsp3) is 0.304. The number of halogens is 1. The number of carbonyl (C=O) groups excluding carboxylic acids is 2. The number of rotatable bonds is 4. The number of furan rings is 1. The van der Waals surface area contributed by atoms with E-state index in [1.165, 1.54) is 18.3 Å². The standard InChI is InChI=1S/C23H17ClN2O5/c24-17-5-1-10(7-16(17)23(29)30)18-6-2-11(31-18)9-25-26-21(27)19-12-3-4-13(15-8-14(12)15)20(19)22(26)28/h1-7,9,12-15,19-20H,8H2,(H,29,30)/b25-9-/t12-,13-,14-,15+,19+,20+/m1/s1. The topological polar surface area (TPSA) is 100 Å². The molecule has 4 aliphatic carbocycles. The van der Waals surface area contributed by atoms with Crippen LogP contribution in [0.5, 0.6) is 0 Å². The molecule has 3 fully saturated rings. The van der Waals surface area contributed by atoms with Crippen molar-refractivity contribution in [2.75, 3.05) is 0 Å². The Labute approximate surface area is 182 Å². The lowest BCUT2D eigenvalue weighted by Crippen LogP contribution is -2.40. The Morgan fingerprint density at radius 3 is 2.42 bits per heavy atom. The number of hydrogen-bond donors (Lipinski definition) is 1. The molecule has 0 spiro atoms. The summed E-state index contributed by atoms with van der Waals surface area (Å²) in [4.78, 5) is 37.2. The maximum atomic E-state index is 12.9. The molecule has 31 heavy (non-hydrogen) atoms. The predicted molar refractivity (Wildman–Crippen MR) is 110 cm³/mol. The van der Waals surface area contributed by atoms with Crippen molar-refractivity contribution >= 4 is 35.6 Å². The van der Waals surface area contributed by atoms with Gasteiger partial charge in [-0.05, 0) is 60.4 Å². The lowest BCUT2D eigenvalue weighted by molar-refractivity contribution is -0.140. The van der Waals surface area contributed by atoms with E-state index in [1.54, 1.807) is 18.2 Å². The molecule has 1 aromatic carbocycles. The van der Waals surface area contributed by atoms with E-state index in [4.69, 9.17) is 16.0 Å². The van der Waals surface area contributed by atoms with Crippen molar-refractivity contribution in [1.82, 2.24) is 5.01 Å². The van der Waals surface area contributed by atoms with Crippen LogP contribution in [0.25, 0.3) is 11.3 Å². The summed E-state index contributed by atoms with van der Waals surface area (Å²) in [5, 5.41) is 14.5. The molecule has 1 aromatic heterocycles. The van der Waals surface area contributed by atoms with Crippen molar-refractivity contribution < 1.29 is 23.9 Å². The van der Waals surface area contributed by atoms with E-state index in [1.807, 2.05) is 0 Å². The van der Waals surface area contributed by atoms with Gasteiger partial charge >= 0.3 is 5.97 Å². The smallest absolute Gasteiger partial charge is 0.337 e. The number of imide groups is 1. The molecule has 2 aromatic rings. The molecule has 156 valence electrons. The number of aromatic carboxylic acids is 1. The third-order valence-corrected chi connectivity index (χ3v) is 7.38. The van der Waals surface area contributed by atoms with Crippen molar-refractivity contribution in [3.63, 3.8) is 0 Å². The number of benzene rings is 1. The van der Waals surface area contributed by atoms with Gasteiger partial charge in [0, 0.05) is 5.56 Å². The van der Waals surface area contributed by atoms with Gasteiger partial charge in [0.1, 0.15) is 11.5 Å². The largest absolute Gasteiger partial charge is 0.478 e. The molecule has 1 N–H and O–H groups in total. The molecule has 2 saturated carbocycles. The second-order valence-corrected chi connectivity index (χ2v) is 9.00. The first-order valence-electron chi connectivity index (χ1n) is 10.2. The Kier molecular flexibility index (Phi) is 3.84. The lowest BCUT2D eigenvalue weighted by Gasteiger charge is -2.37. The van der Waals surface area contributed by atoms with Crippen LogP contribution in [-0.4, -0.2) is 34.1 Å². The first-order valence-corrected chi connectivity index (χ1v) is 10.5. The van der Waals surface area contributed by atoms with Gasteiger partial charge in [-0.1, -0.05) is 23.8 Å². The highest BCUT2D eigenvalue weighted by Gasteiger charge is 2.67. The minimum absolute atomic E-state index is 0.0251. The second kappa shape index (κ2) is 6.40. The molecule has 7 nitrogen and oxygen atoms in total. The molecule has 0 radical (unpaired) electrons. The van der Waals surface area contributed by atoms with Crippen LogP contribution in [0.4, 0.5) is 0 Å². The monoisotopic (exact) mass is 436 g/mol.